The zero-order valence-electron chi connectivity index (χ0n) is 13.1. The highest BCUT2D eigenvalue weighted by atomic mass is 32.1. The third-order valence-electron chi connectivity index (χ3n) is 3.74. The molecule has 0 unspecified atom stereocenters. The number of nitrogens with zero attached hydrogens (tertiary/aromatic N) is 3. The number of hydrogen-bond donors (Lipinski definition) is 1. The molecule has 1 aliphatic heterocycles. The van der Waals surface area contributed by atoms with Gasteiger partial charge >= 0.3 is 0 Å². The van der Waals surface area contributed by atoms with Gasteiger partial charge in [-0.05, 0) is 13.3 Å². The van der Waals surface area contributed by atoms with Gasteiger partial charge < -0.3 is 5.32 Å². The highest BCUT2D eigenvalue weighted by Crippen LogP contribution is 2.12. The van der Waals surface area contributed by atoms with Crippen LogP contribution in [0.2, 0.25) is 0 Å². The lowest BCUT2D eigenvalue weighted by Gasteiger charge is -2.33. The molecule has 2 rings (SSSR count). The Morgan fingerprint density at radius 3 is 2.67 bits per heavy atom. The van der Waals surface area contributed by atoms with E-state index in [9.17, 15) is 4.79 Å². The van der Waals surface area contributed by atoms with Crippen molar-refractivity contribution in [2.45, 2.75) is 33.2 Å². The molecule has 0 saturated carbocycles. The van der Waals surface area contributed by atoms with Crippen LogP contribution < -0.4 is 5.32 Å². The van der Waals surface area contributed by atoms with E-state index in [1.54, 1.807) is 11.3 Å². The van der Waals surface area contributed by atoms with Crippen LogP contribution in [0.5, 0.6) is 0 Å². The molecule has 1 amide bonds. The number of carbonyl (C=O) groups is 1. The molecule has 0 radical (unpaired) electrons. The van der Waals surface area contributed by atoms with Crippen molar-refractivity contribution in [3.8, 4) is 0 Å². The molecular formula is C15H26N4OS. The van der Waals surface area contributed by atoms with Crippen molar-refractivity contribution in [3.63, 3.8) is 0 Å². The Kier molecular flexibility index (Phi) is 6.60. The zero-order valence-corrected chi connectivity index (χ0v) is 13.9. The van der Waals surface area contributed by atoms with Gasteiger partial charge in [-0.25, -0.2) is 4.98 Å². The monoisotopic (exact) mass is 310 g/mol. The molecule has 0 aliphatic carbocycles. The standard InChI is InChI=1S/C15H26N4OS/c1-3-4-5-16-15(20)11-19-8-6-18(7-9-19)10-14-12-21-13(2)17-14/h12H,3-11H2,1-2H3,(H,16,20). The van der Waals surface area contributed by atoms with E-state index in [-0.39, 0.29) is 5.91 Å². The smallest absolute Gasteiger partial charge is 0.234 e. The lowest BCUT2D eigenvalue weighted by molar-refractivity contribution is -0.122. The molecule has 0 bridgehead atoms. The summed E-state index contributed by atoms with van der Waals surface area (Å²) in [4.78, 5) is 21.0. The summed E-state index contributed by atoms with van der Waals surface area (Å²) in [5.74, 6) is 0.159. The molecule has 1 N–H and O–H groups in total. The Balaban J connectivity index is 1.65. The number of amides is 1. The summed E-state index contributed by atoms with van der Waals surface area (Å²) in [5.41, 5.74) is 1.17. The topological polar surface area (TPSA) is 48.5 Å². The number of piperazine rings is 1. The van der Waals surface area contributed by atoms with Crippen LogP contribution in [-0.2, 0) is 11.3 Å². The van der Waals surface area contributed by atoms with Crippen LogP contribution in [0.3, 0.4) is 0 Å². The Morgan fingerprint density at radius 1 is 1.33 bits per heavy atom. The maximum absolute atomic E-state index is 11.8. The van der Waals surface area contributed by atoms with Gasteiger partial charge in [0.05, 0.1) is 17.2 Å². The second kappa shape index (κ2) is 8.46. The van der Waals surface area contributed by atoms with Crippen LogP contribution in [0.25, 0.3) is 0 Å². The number of aromatic nitrogens is 1. The van der Waals surface area contributed by atoms with E-state index in [2.05, 4.69) is 32.4 Å². The first kappa shape index (κ1) is 16.4. The molecule has 5 nitrogen and oxygen atoms in total. The van der Waals surface area contributed by atoms with Crippen LogP contribution in [-0.4, -0.2) is 60.0 Å². The van der Waals surface area contributed by atoms with E-state index in [1.807, 2.05) is 6.92 Å². The first-order valence-corrected chi connectivity index (χ1v) is 8.67. The van der Waals surface area contributed by atoms with E-state index in [0.717, 1.165) is 57.1 Å². The Labute approximate surface area is 131 Å². The average Bonchev–Trinajstić information content (AvgIpc) is 2.87. The fourth-order valence-corrected chi connectivity index (χ4v) is 3.08. The van der Waals surface area contributed by atoms with Crippen molar-refractivity contribution in [2.24, 2.45) is 0 Å². The van der Waals surface area contributed by atoms with E-state index in [0.29, 0.717) is 6.54 Å². The zero-order chi connectivity index (χ0) is 15.1. The highest BCUT2D eigenvalue weighted by molar-refractivity contribution is 7.09. The predicted molar refractivity (Wildman–Crippen MR) is 86.5 cm³/mol. The average molecular weight is 310 g/mol. The first-order chi connectivity index (χ1) is 10.2. The minimum atomic E-state index is 0.159. The molecule has 0 atom stereocenters. The number of rotatable bonds is 7. The van der Waals surface area contributed by atoms with Crippen LogP contribution >= 0.6 is 11.3 Å². The fourth-order valence-electron chi connectivity index (χ4n) is 2.48. The van der Waals surface area contributed by atoms with Crippen LogP contribution in [0.4, 0.5) is 0 Å². The SMILES string of the molecule is CCCCNC(=O)CN1CCN(Cc2csc(C)n2)CC1. The molecule has 0 spiro atoms. The Hall–Kier alpha value is -0.980. The van der Waals surface area contributed by atoms with Crippen LogP contribution in [0, 0.1) is 6.92 Å². The van der Waals surface area contributed by atoms with Crippen LogP contribution in [0.1, 0.15) is 30.5 Å². The molecular weight excluding hydrogens is 284 g/mol. The molecule has 1 aromatic rings. The van der Waals surface area contributed by atoms with Crippen molar-refractivity contribution in [1.82, 2.24) is 20.1 Å². The summed E-state index contributed by atoms with van der Waals surface area (Å²) in [5, 5.41) is 6.26. The van der Waals surface area contributed by atoms with Crippen molar-refractivity contribution in [2.75, 3.05) is 39.3 Å². The summed E-state index contributed by atoms with van der Waals surface area (Å²) in [6.07, 6.45) is 2.18. The second-order valence-corrected chi connectivity index (χ2v) is 6.68. The highest BCUT2D eigenvalue weighted by Gasteiger charge is 2.19. The lowest BCUT2D eigenvalue weighted by Crippen LogP contribution is -2.49. The minimum absolute atomic E-state index is 0.159. The van der Waals surface area contributed by atoms with Crippen molar-refractivity contribution in [1.29, 1.82) is 0 Å². The van der Waals surface area contributed by atoms with Gasteiger partial charge in [0.2, 0.25) is 5.91 Å². The molecule has 21 heavy (non-hydrogen) atoms. The third kappa shape index (κ3) is 5.73. The number of carbonyl (C=O) groups excluding carboxylic acids is 1. The van der Waals surface area contributed by atoms with Gasteiger partial charge in [-0.3, -0.25) is 14.6 Å². The molecule has 6 heteroatoms. The summed E-state index contributed by atoms with van der Waals surface area (Å²) in [7, 11) is 0. The van der Waals surface area contributed by atoms with Crippen molar-refractivity contribution < 1.29 is 4.79 Å². The molecule has 1 aromatic heterocycles. The molecule has 1 aliphatic rings. The van der Waals surface area contributed by atoms with Gasteiger partial charge in [-0.15, -0.1) is 11.3 Å². The van der Waals surface area contributed by atoms with Gasteiger partial charge in [-0.2, -0.15) is 0 Å². The van der Waals surface area contributed by atoms with Crippen LogP contribution in [0.15, 0.2) is 5.38 Å². The third-order valence-corrected chi connectivity index (χ3v) is 4.56. The Bertz CT molecular complexity index is 441. The van der Waals surface area contributed by atoms with Gasteiger partial charge in [0.1, 0.15) is 0 Å². The lowest BCUT2D eigenvalue weighted by atomic mass is 10.3. The molecule has 0 aromatic carbocycles. The number of thiazole rings is 1. The molecule has 118 valence electrons. The van der Waals surface area contributed by atoms with E-state index in [1.165, 1.54) is 5.69 Å². The predicted octanol–water partition coefficient (Wildman–Crippen LogP) is 1.49. The Morgan fingerprint density at radius 2 is 2.05 bits per heavy atom. The number of nitrogens with one attached hydrogen (secondary N) is 1. The van der Waals surface area contributed by atoms with Gasteiger partial charge in [0, 0.05) is 44.6 Å². The summed E-state index contributed by atoms with van der Waals surface area (Å²) in [6, 6.07) is 0. The maximum Gasteiger partial charge on any atom is 0.234 e. The minimum Gasteiger partial charge on any atom is -0.355 e. The molecule has 1 fully saturated rings. The quantitative estimate of drug-likeness (QED) is 0.775. The van der Waals surface area contributed by atoms with E-state index in [4.69, 9.17) is 0 Å². The van der Waals surface area contributed by atoms with E-state index >= 15 is 0 Å². The number of aryl methyl sites for hydroxylation is 1. The van der Waals surface area contributed by atoms with Gasteiger partial charge in [0.15, 0.2) is 0 Å². The molecule has 1 saturated heterocycles. The second-order valence-electron chi connectivity index (χ2n) is 5.61. The van der Waals surface area contributed by atoms with Crippen molar-refractivity contribution in [3.05, 3.63) is 16.1 Å². The normalized spacial score (nSPS) is 17.0. The largest absolute Gasteiger partial charge is 0.355 e. The fraction of sp³-hybridized carbons (Fsp3) is 0.733. The summed E-state index contributed by atoms with van der Waals surface area (Å²) < 4.78 is 0. The number of hydrogen-bond acceptors (Lipinski definition) is 5. The van der Waals surface area contributed by atoms with Gasteiger partial charge in [0.25, 0.3) is 0 Å². The van der Waals surface area contributed by atoms with Crippen molar-refractivity contribution >= 4 is 17.2 Å². The summed E-state index contributed by atoms with van der Waals surface area (Å²) >= 11 is 1.71. The van der Waals surface area contributed by atoms with E-state index < -0.39 is 0 Å². The first-order valence-electron chi connectivity index (χ1n) is 7.79. The maximum atomic E-state index is 11.8. The number of unbranched alkanes of at least 4 members (excludes halogenated alkanes) is 1. The van der Waals surface area contributed by atoms with Gasteiger partial charge in [-0.1, -0.05) is 13.3 Å². The summed E-state index contributed by atoms with van der Waals surface area (Å²) in [6.45, 7) is 10.4. The molecule has 2 heterocycles.